The molecule has 2 aromatic rings. The zero-order chi connectivity index (χ0) is 10.1. The van der Waals surface area contributed by atoms with Crippen LogP contribution in [0.2, 0.25) is 0 Å². The molecular formula is C11H12O2S. The number of hydrogen-bond acceptors (Lipinski definition) is 3. The van der Waals surface area contributed by atoms with Crippen LogP contribution in [0.1, 0.15) is 12.5 Å². The summed E-state index contributed by atoms with van der Waals surface area (Å²) in [5.74, 6) is 1.24. The van der Waals surface area contributed by atoms with Crippen LogP contribution in [-0.2, 0) is 0 Å². The fourth-order valence-electron chi connectivity index (χ4n) is 1.43. The standard InChI is InChI=1S/C11H12O2S/c1-3-13-9-6-14-11-8(9)5-4-7(2)10(11)12/h4-6,12H,3H2,1-2H3. The third kappa shape index (κ3) is 1.34. The number of thiophene rings is 1. The highest BCUT2D eigenvalue weighted by Crippen LogP contribution is 2.39. The molecule has 2 rings (SSSR count). The number of benzene rings is 1. The highest BCUT2D eigenvalue weighted by atomic mass is 32.1. The molecule has 0 unspecified atom stereocenters. The molecule has 74 valence electrons. The number of aromatic hydroxyl groups is 1. The first-order valence-corrected chi connectivity index (χ1v) is 5.44. The Bertz CT molecular complexity index is 460. The minimum absolute atomic E-state index is 0.374. The predicted molar refractivity (Wildman–Crippen MR) is 59.4 cm³/mol. The van der Waals surface area contributed by atoms with E-state index in [2.05, 4.69) is 0 Å². The lowest BCUT2D eigenvalue weighted by Gasteiger charge is -2.02. The van der Waals surface area contributed by atoms with Gasteiger partial charge in [-0.1, -0.05) is 6.07 Å². The van der Waals surface area contributed by atoms with Gasteiger partial charge >= 0.3 is 0 Å². The molecule has 0 spiro atoms. The quantitative estimate of drug-likeness (QED) is 0.820. The molecule has 14 heavy (non-hydrogen) atoms. The molecule has 0 amide bonds. The van der Waals surface area contributed by atoms with Crippen LogP contribution in [0.5, 0.6) is 11.5 Å². The SMILES string of the molecule is CCOc1csc2c(O)c(C)ccc12. The van der Waals surface area contributed by atoms with E-state index in [-0.39, 0.29) is 0 Å². The summed E-state index contributed by atoms with van der Waals surface area (Å²) >= 11 is 1.52. The highest BCUT2D eigenvalue weighted by molar-refractivity contribution is 7.18. The topological polar surface area (TPSA) is 29.5 Å². The van der Waals surface area contributed by atoms with Gasteiger partial charge in [0, 0.05) is 10.8 Å². The second-order valence-corrected chi connectivity index (χ2v) is 4.02. The average molecular weight is 208 g/mol. The summed E-state index contributed by atoms with van der Waals surface area (Å²) in [7, 11) is 0. The predicted octanol–water partition coefficient (Wildman–Crippen LogP) is 3.31. The Kier molecular flexibility index (Phi) is 2.33. The van der Waals surface area contributed by atoms with Crippen molar-refractivity contribution in [3.63, 3.8) is 0 Å². The Morgan fingerprint density at radius 1 is 1.43 bits per heavy atom. The fraction of sp³-hybridized carbons (Fsp3) is 0.273. The van der Waals surface area contributed by atoms with Crippen molar-refractivity contribution in [3.8, 4) is 11.5 Å². The van der Waals surface area contributed by atoms with Crippen molar-refractivity contribution < 1.29 is 9.84 Å². The molecule has 0 fully saturated rings. The van der Waals surface area contributed by atoms with Crippen molar-refractivity contribution in [2.75, 3.05) is 6.61 Å². The molecule has 3 heteroatoms. The van der Waals surface area contributed by atoms with Crippen molar-refractivity contribution in [3.05, 3.63) is 23.1 Å². The maximum atomic E-state index is 9.79. The largest absolute Gasteiger partial charge is 0.506 e. The summed E-state index contributed by atoms with van der Waals surface area (Å²) in [6.07, 6.45) is 0. The van der Waals surface area contributed by atoms with Gasteiger partial charge in [0.1, 0.15) is 11.5 Å². The number of fused-ring (bicyclic) bond motifs is 1. The molecule has 0 aliphatic heterocycles. The van der Waals surface area contributed by atoms with Gasteiger partial charge in [-0.3, -0.25) is 0 Å². The van der Waals surface area contributed by atoms with Crippen molar-refractivity contribution in [2.24, 2.45) is 0 Å². The summed E-state index contributed by atoms with van der Waals surface area (Å²) in [4.78, 5) is 0. The van der Waals surface area contributed by atoms with Crippen LogP contribution in [0.4, 0.5) is 0 Å². The summed E-state index contributed by atoms with van der Waals surface area (Å²) < 4.78 is 6.36. The van der Waals surface area contributed by atoms with Crippen LogP contribution in [-0.4, -0.2) is 11.7 Å². The molecule has 1 heterocycles. The Morgan fingerprint density at radius 2 is 2.21 bits per heavy atom. The number of rotatable bonds is 2. The van der Waals surface area contributed by atoms with Gasteiger partial charge in [0.25, 0.3) is 0 Å². The Morgan fingerprint density at radius 3 is 2.93 bits per heavy atom. The number of phenols is 1. The van der Waals surface area contributed by atoms with Crippen LogP contribution < -0.4 is 4.74 Å². The van der Waals surface area contributed by atoms with E-state index in [1.54, 1.807) is 0 Å². The van der Waals surface area contributed by atoms with Crippen molar-refractivity contribution in [1.82, 2.24) is 0 Å². The molecule has 0 radical (unpaired) electrons. The van der Waals surface area contributed by atoms with E-state index in [9.17, 15) is 5.11 Å². The van der Waals surface area contributed by atoms with Gasteiger partial charge in [-0.2, -0.15) is 0 Å². The Hall–Kier alpha value is -1.22. The lowest BCUT2D eigenvalue weighted by Crippen LogP contribution is -1.89. The van der Waals surface area contributed by atoms with E-state index in [0.29, 0.717) is 12.4 Å². The van der Waals surface area contributed by atoms with E-state index >= 15 is 0 Å². The number of aryl methyl sites for hydroxylation is 1. The third-order valence-electron chi connectivity index (χ3n) is 2.18. The first kappa shape index (κ1) is 9.34. The van der Waals surface area contributed by atoms with E-state index in [1.807, 2.05) is 31.4 Å². The molecule has 1 aromatic carbocycles. The van der Waals surface area contributed by atoms with E-state index in [1.165, 1.54) is 11.3 Å². The molecule has 0 atom stereocenters. The van der Waals surface area contributed by atoms with Crippen molar-refractivity contribution in [2.45, 2.75) is 13.8 Å². The van der Waals surface area contributed by atoms with Gasteiger partial charge in [0.2, 0.25) is 0 Å². The molecular weight excluding hydrogens is 196 g/mol. The minimum atomic E-state index is 0.374. The molecule has 1 N–H and O–H groups in total. The summed E-state index contributed by atoms with van der Waals surface area (Å²) in [6, 6.07) is 3.90. The second kappa shape index (κ2) is 3.50. The van der Waals surface area contributed by atoms with E-state index in [4.69, 9.17) is 4.74 Å². The summed E-state index contributed by atoms with van der Waals surface area (Å²) in [5.41, 5.74) is 0.905. The zero-order valence-electron chi connectivity index (χ0n) is 8.20. The van der Waals surface area contributed by atoms with Gasteiger partial charge in [-0.25, -0.2) is 0 Å². The normalized spacial score (nSPS) is 10.7. The molecule has 2 nitrogen and oxygen atoms in total. The maximum Gasteiger partial charge on any atom is 0.137 e. The smallest absolute Gasteiger partial charge is 0.137 e. The van der Waals surface area contributed by atoms with Crippen LogP contribution in [0.15, 0.2) is 17.5 Å². The average Bonchev–Trinajstić information content (AvgIpc) is 2.57. The van der Waals surface area contributed by atoms with Crippen LogP contribution in [0.3, 0.4) is 0 Å². The van der Waals surface area contributed by atoms with E-state index < -0.39 is 0 Å². The zero-order valence-corrected chi connectivity index (χ0v) is 9.02. The summed E-state index contributed by atoms with van der Waals surface area (Å²) in [5, 5.41) is 12.7. The minimum Gasteiger partial charge on any atom is -0.506 e. The third-order valence-corrected chi connectivity index (χ3v) is 3.16. The lowest BCUT2D eigenvalue weighted by molar-refractivity contribution is 0.345. The fourth-order valence-corrected chi connectivity index (χ4v) is 2.41. The number of phenolic OH excluding ortho intramolecular Hbond substituents is 1. The number of hydrogen-bond donors (Lipinski definition) is 1. The van der Waals surface area contributed by atoms with Crippen LogP contribution >= 0.6 is 11.3 Å². The van der Waals surface area contributed by atoms with Gasteiger partial charge in [-0.05, 0) is 25.5 Å². The number of ether oxygens (including phenoxy) is 1. The first-order chi connectivity index (χ1) is 6.74. The van der Waals surface area contributed by atoms with Gasteiger partial charge in [0.05, 0.1) is 11.3 Å². The first-order valence-electron chi connectivity index (χ1n) is 4.56. The van der Waals surface area contributed by atoms with Crippen molar-refractivity contribution in [1.29, 1.82) is 0 Å². The second-order valence-electron chi connectivity index (χ2n) is 3.14. The Balaban J connectivity index is 2.64. The molecule has 0 aliphatic rings. The van der Waals surface area contributed by atoms with Crippen LogP contribution in [0.25, 0.3) is 10.1 Å². The molecule has 0 aliphatic carbocycles. The maximum absolute atomic E-state index is 9.79. The van der Waals surface area contributed by atoms with Gasteiger partial charge < -0.3 is 9.84 Å². The molecule has 0 bridgehead atoms. The molecule has 0 saturated heterocycles. The van der Waals surface area contributed by atoms with Crippen LogP contribution in [0, 0.1) is 6.92 Å². The van der Waals surface area contributed by atoms with Gasteiger partial charge in [0.15, 0.2) is 0 Å². The molecule has 1 aromatic heterocycles. The molecule has 0 saturated carbocycles. The van der Waals surface area contributed by atoms with Gasteiger partial charge in [-0.15, -0.1) is 11.3 Å². The lowest BCUT2D eigenvalue weighted by atomic mass is 10.1. The Labute approximate surface area is 86.8 Å². The summed E-state index contributed by atoms with van der Waals surface area (Å²) in [6.45, 7) is 4.51. The monoisotopic (exact) mass is 208 g/mol. The van der Waals surface area contributed by atoms with E-state index in [0.717, 1.165) is 21.4 Å². The highest BCUT2D eigenvalue weighted by Gasteiger charge is 2.09. The van der Waals surface area contributed by atoms with Crippen molar-refractivity contribution >= 4 is 21.4 Å².